The van der Waals surface area contributed by atoms with E-state index in [4.69, 9.17) is 5.73 Å². The van der Waals surface area contributed by atoms with Crippen molar-refractivity contribution in [2.75, 3.05) is 18.0 Å². The van der Waals surface area contributed by atoms with E-state index in [2.05, 4.69) is 31.2 Å². The molecule has 0 aliphatic rings. The first-order valence-corrected chi connectivity index (χ1v) is 7.62. The van der Waals surface area contributed by atoms with Crippen molar-refractivity contribution >= 4 is 5.69 Å². The Morgan fingerprint density at radius 2 is 1.64 bits per heavy atom. The zero-order chi connectivity index (χ0) is 15.9. The van der Waals surface area contributed by atoms with E-state index in [1.807, 2.05) is 4.90 Å². The van der Waals surface area contributed by atoms with Crippen LogP contribution in [0.2, 0.25) is 0 Å². The zero-order valence-electron chi connectivity index (χ0n) is 12.9. The molecule has 2 nitrogen and oxygen atoms in total. The minimum atomic E-state index is -0.824. The number of hydrogen-bond donors (Lipinski definition) is 1. The summed E-state index contributed by atoms with van der Waals surface area (Å²) in [7, 11) is 0. The van der Waals surface area contributed by atoms with Crippen molar-refractivity contribution in [3.8, 4) is 0 Å². The lowest BCUT2D eigenvalue weighted by molar-refractivity contribution is 0.508. The van der Waals surface area contributed by atoms with Gasteiger partial charge in [0.25, 0.3) is 0 Å². The predicted octanol–water partition coefficient (Wildman–Crippen LogP) is 3.88. The van der Waals surface area contributed by atoms with Gasteiger partial charge in [-0.1, -0.05) is 31.2 Å². The molecule has 0 saturated heterocycles. The standard InChI is InChI=1S/C18H22F2N2/c1-2-14-4-6-15(7-5-14)13-22(11-3-10-21)16-8-9-17(19)18(20)12-16/h4-9,12H,2-3,10-11,13,21H2,1H3. The number of aryl methyl sites for hydroxylation is 1. The number of rotatable bonds is 7. The van der Waals surface area contributed by atoms with Crippen LogP contribution in [0.1, 0.15) is 24.5 Å². The molecule has 0 aromatic heterocycles. The summed E-state index contributed by atoms with van der Waals surface area (Å²) in [5, 5.41) is 0. The van der Waals surface area contributed by atoms with Crippen molar-refractivity contribution in [1.82, 2.24) is 0 Å². The molecule has 118 valence electrons. The second-order valence-electron chi connectivity index (χ2n) is 5.33. The summed E-state index contributed by atoms with van der Waals surface area (Å²) in [6.45, 7) is 4.03. The first-order chi connectivity index (χ1) is 10.6. The molecule has 0 saturated carbocycles. The van der Waals surface area contributed by atoms with Crippen LogP contribution in [0.3, 0.4) is 0 Å². The average molecular weight is 304 g/mol. The van der Waals surface area contributed by atoms with Gasteiger partial charge in [0.2, 0.25) is 0 Å². The molecule has 2 rings (SSSR count). The highest BCUT2D eigenvalue weighted by Gasteiger charge is 2.10. The Balaban J connectivity index is 2.18. The topological polar surface area (TPSA) is 29.3 Å². The van der Waals surface area contributed by atoms with Crippen LogP contribution in [0.5, 0.6) is 0 Å². The highest BCUT2D eigenvalue weighted by atomic mass is 19.2. The normalized spacial score (nSPS) is 10.7. The third-order valence-corrected chi connectivity index (χ3v) is 3.71. The minimum Gasteiger partial charge on any atom is -0.367 e. The monoisotopic (exact) mass is 304 g/mol. The van der Waals surface area contributed by atoms with E-state index in [1.54, 1.807) is 6.07 Å². The van der Waals surface area contributed by atoms with E-state index in [0.29, 0.717) is 25.3 Å². The van der Waals surface area contributed by atoms with Crippen molar-refractivity contribution in [2.24, 2.45) is 5.73 Å². The quantitative estimate of drug-likeness (QED) is 0.841. The van der Waals surface area contributed by atoms with Gasteiger partial charge in [0, 0.05) is 24.8 Å². The molecule has 0 radical (unpaired) electrons. The van der Waals surface area contributed by atoms with E-state index in [-0.39, 0.29) is 0 Å². The smallest absolute Gasteiger partial charge is 0.160 e. The molecule has 0 amide bonds. The molecule has 0 fully saturated rings. The summed E-state index contributed by atoms with van der Waals surface area (Å²) >= 11 is 0. The molecular weight excluding hydrogens is 282 g/mol. The second kappa shape index (κ2) is 7.90. The Kier molecular flexibility index (Phi) is 5.90. The molecule has 0 spiro atoms. The molecule has 2 aromatic carbocycles. The maximum absolute atomic E-state index is 13.5. The molecule has 22 heavy (non-hydrogen) atoms. The van der Waals surface area contributed by atoms with Crippen LogP contribution in [-0.2, 0) is 13.0 Å². The first kappa shape index (κ1) is 16.4. The van der Waals surface area contributed by atoms with Crippen LogP contribution < -0.4 is 10.6 Å². The lowest BCUT2D eigenvalue weighted by Crippen LogP contribution is -2.25. The van der Waals surface area contributed by atoms with Crippen LogP contribution in [0, 0.1) is 11.6 Å². The molecule has 0 atom stereocenters. The molecule has 0 aliphatic carbocycles. The number of nitrogens with zero attached hydrogens (tertiary/aromatic N) is 1. The van der Waals surface area contributed by atoms with Crippen LogP contribution in [0.25, 0.3) is 0 Å². The number of benzene rings is 2. The molecule has 2 aromatic rings. The van der Waals surface area contributed by atoms with Crippen molar-refractivity contribution in [3.63, 3.8) is 0 Å². The van der Waals surface area contributed by atoms with Crippen molar-refractivity contribution in [2.45, 2.75) is 26.3 Å². The fraction of sp³-hybridized carbons (Fsp3) is 0.333. The number of halogens is 2. The third-order valence-electron chi connectivity index (χ3n) is 3.71. The molecule has 2 N–H and O–H groups in total. The van der Waals surface area contributed by atoms with Gasteiger partial charge in [0.05, 0.1) is 0 Å². The van der Waals surface area contributed by atoms with Crippen LogP contribution in [0.4, 0.5) is 14.5 Å². The van der Waals surface area contributed by atoms with Gasteiger partial charge in [-0.2, -0.15) is 0 Å². The van der Waals surface area contributed by atoms with Crippen LogP contribution in [0.15, 0.2) is 42.5 Å². The summed E-state index contributed by atoms with van der Waals surface area (Å²) in [4.78, 5) is 2.02. The van der Waals surface area contributed by atoms with Gasteiger partial charge in [0.1, 0.15) is 0 Å². The van der Waals surface area contributed by atoms with Gasteiger partial charge >= 0.3 is 0 Å². The second-order valence-corrected chi connectivity index (χ2v) is 5.33. The van der Waals surface area contributed by atoms with Crippen LogP contribution in [-0.4, -0.2) is 13.1 Å². The SMILES string of the molecule is CCc1ccc(CN(CCCN)c2ccc(F)c(F)c2)cc1. The van der Waals surface area contributed by atoms with Crippen molar-refractivity contribution < 1.29 is 8.78 Å². The largest absolute Gasteiger partial charge is 0.367 e. The Morgan fingerprint density at radius 3 is 2.23 bits per heavy atom. The van der Waals surface area contributed by atoms with E-state index in [1.165, 1.54) is 17.7 Å². The van der Waals surface area contributed by atoms with Gasteiger partial charge in [-0.25, -0.2) is 8.78 Å². The Bertz CT molecular complexity index is 597. The number of anilines is 1. The van der Waals surface area contributed by atoms with Gasteiger partial charge in [-0.15, -0.1) is 0 Å². The highest BCUT2D eigenvalue weighted by molar-refractivity contribution is 5.47. The van der Waals surface area contributed by atoms with E-state index in [0.717, 1.165) is 18.4 Å². The fourth-order valence-electron chi connectivity index (χ4n) is 2.36. The number of nitrogens with two attached hydrogens (primary N) is 1. The predicted molar refractivity (Wildman–Crippen MR) is 86.9 cm³/mol. The summed E-state index contributed by atoms with van der Waals surface area (Å²) in [5.41, 5.74) is 8.67. The Morgan fingerprint density at radius 1 is 0.955 bits per heavy atom. The summed E-state index contributed by atoms with van der Waals surface area (Å²) in [6, 6.07) is 12.4. The molecule has 0 bridgehead atoms. The highest BCUT2D eigenvalue weighted by Crippen LogP contribution is 2.21. The maximum Gasteiger partial charge on any atom is 0.160 e. The minimum absolute atomic E-state index is 0.564. The molecular formula is C18H22F2N2. The van der Waals surface area contributed by atoms with E-state index >= 15 is 0 Å². The molecule has 0 aliphatic heterocycles. The Labute approximate surface area is 130 Å². The van der Waals surface area contributed by atoms with Gasteiger partial charge in [-0.3, -0.25) is 0 Å². The third kappa shape index (κ3) is 4.28. The molecule has 0 unspecified atom stereocenters. The Hall–Kier alpha value is -1.94. The number of hydrogen-bond acceptors (Lipinski definition) is 2. The van der Waals surface area contributed by atoms with Crippen LogP contribution >= 0.6 is 0 Å². The van der Waals surface area contributed by atoms with Crippen molar-refractivity contribution in [3.05, 3.63) is 65.2 Å². The molecule has 4 heteroatoms. The van der Waals surface area contributed by atoms with E-state index < -0.39 is 11.6 Å². The lowest BCUT2D eigenvalue weighted by atomic mass is 10.1. The fourth-order valence-corrected chi connectivity index (χ4v) is 2.36. The van der Waals surface area contributed by atoms with Gasteiger partial charge < -0.3 is 10.6 Å². The molecule has 0 heterocycles. The zero-order valence-corrected chi connectivity index (χ0v) is 12.9. The summed E-state index contributed by atoms with van der Waals surface area (Å²) in [6.07, 6.45) is 1.80. The van der Waals surface area contributed by atoms with Gasteiger partial charge in [-0.05, 0) is 42.6 Å². The van der Waals surface area contributed by atoms with Crippen molar-refractivity contribution in [1.29, 1.82) is 0 Å². The van der Waals surface area contributed by atoms with Gasteiger partial charge in [0.15, 0.2) is 11.6 Å². The van der Waals surface area contributed by atoms with E-state index in [9.17, 15) is 8.78 Å². The maximum atomic E-state index is 13.5. The average Bonchev–Trinajstić information content (AvgIpc) is 2.54. The lowest BCUT2D eigenvalue weighted by Gasteiger charge is -2.25. The first-order valence-electron chi connectivity index (χ1n) is 7.62. The summed E-state index contributed by atoms with van der Waals surface area (Å²) < 4.78 is 26.6. The summed E-state index contributed by atoms with van der Waals surface area (Å²) in [5.74, 6) is -1.65.